The summed E-state index contributed by atoms with van der Waals surface area (Å²) in [7, 11) is 0. The molecule has 0 fully saturated rings. The van der Waals surface area contributed by atoms with Crippen LogP contribution < -0.4 is 5.32 Å². The molecule has 0 bridgehead atoms. The summed E-state index contributed by atoms with van der Waals surface area (Å²) in [6, 6.07) is 7.31. The standard InChI is InChI=1S/C17H29BrN2/c1-6-19-10-15-7-8-16(17(18)9-15)12-20(14(4)5)11-13(2)3/h7-9,13-14,19H,6,10-12H2,1-5H3. The van der Waals surface area contributed by atoms with Gasteiger partial charge in [0.15, 0.2) is 0 Å². The predicted molar refractivity (Wildman–Crippen MR) is 91.9 cm³/mol. The lowest BCUT2D eigenvalue weighted by atomic mass is 10.1. The molecular weight excluding hydrogens is 312 g/mol. The summed E-state index contributed by atoms with van der Waals surface area (Å²) in [5.41, 5.74) is 2.71. The van der Waals surface area contributed by atoms with Crippen molar-refractivity contribution in [3.05, 3.63) is 33.8 Å². The van der Waals surface area contributed by atoms with Crippen molar-refractivity contribution in [1.29, 1.82) is 0 Å². The van der Waals surface area contributed by atoms with Gasteiger partial charge in [-0.2, -0.15) is 0 Å². The molecule has 0 saturated heterocycles. The lowest BCUT2D eigenvalue weighted by Gasteiger charge is -2.28. The summed E-state index contributed by atoms with van der Waals surface area (Å²) in [6.07, 6.45) is 0. The minimum Gasteiger partial charge on any atom is -0.313 e. The smallest absolute Gasteiger partial charge is 0.0247 e. The first kappa shape index (κ1) is 17.7. The molecule has 0 unspecified atom stereocenters. The third-order valence-corrected chi connectivity index (χ3v) is 4.14. The molecule has 0 aliphatic rings. The Morgan fingerprint density at radius 2 is 1.90 bits per heavy atom. The van der Waals surface area contributed by atoms with Gasteiger partial charge in [0.2, 0.25) is 0 Å². The van der Waals surface area contributed by atoms with E-state index in [0.717, 1.165) is 26.2 Å². The lowest BCUT2D eigenvalue weighted by Crippen LogP contribution is -2.33. The molecule has 0 heterocycles. The first-order chi connectivity index (χ1) is 9.43. The first-order valence-corrected chi connectivity index (χ1v) is 8.45. The van der Waals surface area contributed by atoms with E-state index in [-0.39, 0.29) is 0 Å². The molecule has 1 rings (SSSR count). The molecule has 1 aromatic carbocycles. The maximum absolute atomic E-state index is 3.73. The Morgan fingerprint density at radius 1 is 1.20 bits per heavy atom. The zero-order valence-corrected chi connectivity index (χ0v) is 15.1. The Hall–Kier alpha value is -0.380. The van der Waals surface area contributed by atoms with E-state index in [2.05, 4.69) is 79.0 Å². The predicted octanol–water partition coefficient (Wildman–Crippen LogP) is 4.43. The maximum Gasteiger partial charge on any atom is 0.0247 e. The maximum atomic E-state index is 3.73. The Kier molecular flexibility index (Phi) is 7.78. The largest absolute Gasteiger partial charge is 0.313 e. The molecule has 0 saturated carbocycles. The highest BCUT2D eigenvalue weighted by Crippen LogP contribution is 2.21. The minimum absolute atomic E-state index is 0.575. The van der Waals surface area contributed by atoms with Crippen molar-refractivity contribution < 1.29 is 0 Å². The van der Waals surface area contributed by atoms with E-state index in [4.69, 9.17) is 0 Å². The monoisotopic (exact) mass is 340 g/mol. The summed E-state index contributed by atoms with van der Waals surface area (Å²) in [5.74, 6) is 0.698. The van der Waals surface area contributed by atoms with Gasteiger partial charge < -0.3 is 5.32 Å². The highest BCUT2D eigenvalue weighted by atomic mass is 79.9. The van der Waals surface area contributed by atoms with Crippen LogP contribution in [0.5, 0.6) is 0 Å². The Morgan fingerprint density at radius 3 is 2.40 bits per heavy atom. The zero-order chi connectivity index (χ0) is 15.1. The molecule has 0 radical (unpaired) electrons. The van der Waals surface area contributed by atoms with E-state index in [1.165, 1.54) is 15.6 Å². The Bertz CT molecular complexity index is 402. The number of benzene rings is 1. The molecule has 20 heavy (non-hydrogen) atoms. The number of nitrogens with one attached hydrogen (secondary N) is 1. The molecule has 114 valence electrons. The molecule has 1 N–H and O–H groups in total. The number of hydrogen-bond donors (Lipinski definition) is 1. The van der Waals surface area contributed by atoms with Crippen LogP contribution in [-0.4, -0.2) is 24.0 Å². The number of rotatable bonds is 8. The third kappa shape index (κ3) is 5.94. The van der Waals surface area contributed by atoms with Gasteiger partial charge in [0.1, 0.15) is 0 Å². The summed E-state index contributed by atoms with van der Waals surface area (Å²) in [6.45, 7) is 15.3. The van der Waals surface area contributed by atoms with Crippen LogP contribution in [0.25, 0.3) is 0 Å². The van der Waals surface area contributed by atoms with Gasteiger partial charge >= 0.3 is 0 Å². The summed E-state index contributed by atoms with van der Waals surface area (Å²) in [4.78, 5) is 2.54. The lowest BCUT2D eigenvalue weighted by molar-refractivity contribution is 0.189. The van der Waals surface area contributed by atoms with Crippen LogP contribution in [0.4, 0.5) is 0 Å². The molecule has 1 aromatic rings. The van der Waals surface area contributed by atoms with Gasteiger partial charge in [0, 0.05) is 30.1 Å². The Balaban J connectivity index is 2.75. The first-order valence-electron chi connectivity index (χ1n) is 7.66. The van der Waals surface area contributed by atoms with Gasteiger partial charge in [-0.15, -0.1) is 0 Å². The van der Waals surface area contributed by atoms with Crippen LogP contribution in [0.15, 0.2) is 22.7 Å². The minimum atomic E-state index is 0.575. The molecule has 2 nitrogen and oxygen atoms in total. The fourth-order valence-corrected chi connectivity index (χ4v) is 2.80. The molecule has 3 heteroatoms. The molecule has 0 amide bonds. The second-order valence-electron chi connectivity index (χ2n) is 6.12. The van der Waals surface area contributed by atoms with E-state index in [1.54, 1.807) is 0 Å². The van der Waals surface area contributed by atoms with E-state index < -0.39 is 0 Å². The quantitative estimate of drug-likeness (QED) is 0.753. The average Bonchev–Trinajstić information content (AvgIpc) is 2.37. The Labute approximate surface area is 133 Å². The van der Waals surface area contributed by atoms with Crippen LogP contribution in [-0.2, 0) is 13.1 Å². The van der Waals surface area contributed by atoms with Crippen molar-refractivity contribution >= 4 is 15.9 Å². The second kappa shape index (κ2) is 8.81. The van der Waals surface area contributed by atoms with Crippen LogP contribution in [0.1, 0.15) is 45.7 Å². The van der Waals surface area contributed by atoms with Crippen LogP contribution in [0.3, 0.4) is 0 Å². The molecule has 0 aliphatic heterocycles. The van der Waals surface area contributed by atoms with Crippen molar-refractivity contribution in [2.24, 2.45) is 5.92 Å². The van der Waals surface area contributed by atoms with Gasteiger partial charge in [0.05, 0.1) is 0 Å². The number of nitrogens with zero attached hydrogens (tertiary/aromatic N) is 1. The summed E-state index contributed by atoms with van der Waals surface area (Å²) in [5, 5.41) is 3.37. The molecule has 0 aliphatic carbocycles. The normalized spacial score (nSPS) is 11.8. The highest BCUT2D eigenvalue weighted by molar-refractivity contribution is 9.10. The van der Waals surface area contributed by atoms with Crippen molar-refractivity contribution in [1.82, 2.24) is 10.2 Å². The van der Waals surface area contributed by atoms with Crippen molar-refractivity contribution in [2.75, 3.05) is 13.1 Å². The summed E-state index contributed by atoms with van der Waals surface area (Å²) < 4.78 is 1.22. The van der Waals surface area contributed by atoms with Gasteiger partial charge in [-0.3, -0.25) is 4.90 Å². The van der Waals surface area contributed by atoms with Crippen LogP contribution in [0, 0.1) is 5.92 Å². The van der Waals surface area contributed by atoms with Crippen LogP contribution >= 0.6 is 15.9 Å². The topological polar surface area (TPSA) is 15.3 Å². The van der Waals surface area contributed by atoms with E-state index in [9.17, 15) is 0 Å². The van der Waals surface area contributed by atoms with Gasteiger partial charge in [-0.05, 0) is 43.5 Å². The fourth-order valence-electron chi connectivity index (χ4n) is 2.24. The van der Waals surface area contributed by atoms with E-state index in [0.29, 0.717) is 12.0 Å². The fraction of sp³-hybridized carbons (Fsp3) is 0.647. The molecular formula is C17H29BrN2. The van der Waals surface area contributed by atoms with Crippen LogP contribution in [0.2, 0.25) is 0 Å². The molecule has 0 aromatic heterocycles. The molecule has 0 spiro atoms. The van der Waals surface area contributed by atoms with E-state index >= 15 is 0 Å². The van der Waals surface area contributed by atoms with E-state index in [1.807, 2.05) is 0 Å². The number of hydrogen-bond acceptors (Lipinski definition) is 2. The SMILES string of the molecule is CCNCc1ccc(CN(CC(C)C)C(C)C)c(Br)c1. The average molecular weight is 341 g/mol. The van der Waals surface area contributed by atoms with Crippen molar-refractivity contribution in [2.45, 2.75) is 53.8 Å². The van der Waals surface area contributed by atoms with Crippen molar-refractivity contribution in [3.8, 4) is 0 Å². The van der Waals surface area contributed by atoms with Gasteiger partial charge in [-0.25, -0.2) is 0 Å². The third-order valence-electron chi connectivity index (χ3n) is 3.40. The number of halogens is 1. The second-order valence-corrected chi connectivity index (χ2v) is 6.98. The van der Waals surface area contributed by atoms with Gasteiger partial charge in [0.25, 0.3) is 0 Å². The zero-order valence-electron chi connectivity index (χ0n) is 13.5. The highest BCUT2D eigenvalue weighted by Gasteiger charge is 2.13. The van der Waals surface area contributed by atoms with Gasteiger partial charge in [-0.1, -0.05) is 48.8 Å². The summed E-state index contributed by atoms with van der Waals surface area (Å²) >= 11 is 3.73. The van der Waals surface area contributed by atoms with Crippen molar-refractivity contribution in [3.63, 3.8) is 0 Å². The molecule has 0 atom stereocenters.